The molecule has 4 nitrogen and oxygen atoms in total. The van der Waals surface area contributed by atoms with E-state index in [0.717, 1.165) is 11.3 Å². The smallest absolute Gasteiger partial charge is 0.114 e. The number of hydrogen-bond donors (Lipinski definition) is 0. The summed E-state index contributed by atoms with van der Waals surface area (Å²) < 4.78 is 1.19. The van der Waals surface area contributed by atoms with Crippen LogP contribution in [0.2, 0.25) is 0 Å². The van der Waals surface area contributed by atoms with Gasteiger partial charge in [-0.15, -0.1) is 0 Å². The fourth-order valence-electron chi connectivity index (χ4n) is 1.24. The maximum absolute atomic E-state index is 5.12. The summed E-state index contributed by atoms with van der Waals surface area (Å²) in [5.74, 6) is 0. The third-order valence-electron chi connectivity index (χ3n) is 2.04. The summed E-state index contributed by atoms with van der Waals surface area (Å²) in [6.07, 6.45) is 2.28. The van der Waals surface area contributed by atoms with E-state index in [9.17, 15) is 0 Å². The fraction of sp³-hybridized carbons (Fsp3) is 0.385. The van der Waals surface area contributed by atoms with Crippen molar-refractivity contribution in [2.75, 3.05) is 13.2 Å². The Morgan fingerprint density at radius 3 is 2.44 bits per heavy atom. The summed E-state index contributed by atoms with van der Waals surface area (Å²) >= 11 is 2.27. The normalized spacial score (nSPS) is 11.8. The number of rotatable bonds is 7. The van der Waals surface area contributed by atoms with Crippen LogP contribution in [0.4, 0.5) is 0 Å². The first kappa shape index (κ1) is 14.9. The second-order valence-electron chi connectivity index (χ2n) is 3.37. The summed E-state index contributed by atoms with van der Waals surface area (Å²) in [6.45, 7) is 4.92. The van der Waals surface area contributed by atoms with Crippen LogP contribution in [0.1, 0.15) is 25.8 Å². The van der Waals surface area contributed by atoms with Crippen LogP contribution in [-0.2, 0) is 9.68 Å². The van der Waals surface area contributed by atoms with Gasteiger partial charge >= 0.3 is 0 Å². The predicted octanol–water partition coefficient (Wildman–Crippen LogP) is 3.44. The minimum Gasteiger partial charge on any atom is -0.396 e. The van der Waals surface area contributed by atoms with Gasteiger partial charge in [-0.2, -0.15) is 0 Å². The number of benzene rings is 1. The predicted molar refractivity (Wildman–Crippen MR) is 82.1 cm³/mol. The van der Waals surface area contributed by atoms with Crippen LogP contribution in [-0.4, -0.2) is 25.1 Å². The maximum Gasteiger partial charge on any atom is 0.114 e. The van der Waals surface area contributed by atoms with E-state index < -0.39 is 0 Å². The van der Waals surface area contributed by atoms with Crippen LogP contribution in [0.25, 0.3) is 0 Å². The average molecular weight is 360 g/mol. The van der Waals surface area contributed by atoms with Gasteiger partial charge in [0.1, 0.15) is 13.2 Å². The van der Waals surface area contributed by atoms with Crippen molar-refractivity contribution in [3.63, 3.8) is 0 Å². The van der Waals surface area contributed by atoms with E-state index in [2.05, 4.69) is 32.9 Å². The molecule has 0 aliphatic rings. The van der Waals surface area contributed by atoms with Crippen molar-refractivity contribution in [2.45, 2.75) is 20.3 Å². The summed E-state index contributed by atoms with van der Waals surface area (Å²) in [5.41, 5.74) is 1.88. The Hall–Kier alpha value is -1.11. The van der Waals surface area contributed by atoms with Crippen molar-refractivity contribution in [2.24, 2.45) is 10.3 Å². The molecule has 0 atom stereocenters. The lowest BCUT2D eigenvalue weighted by molar-refractivity contribution is 0.157. The Morgan fingerprint density at radius 1 is 1.17 bits per heavy atom. The summed E-state index contributed by atoms with van der Waals surface area (Å²) in [7, 11) is 0. The molecule has 0 saturated heterocycles. The Bertz CT molecular complexity index is 402. The van der Waals surface area contributed by atoms with Crippen LogP contribution >= 0.6 is 22.6 Å². The van der Waals surface area contributed by atoms with Gasteiger partial charge in [0.25, 0.3) is 0 Å². The first-order valence-electron chi connectivity index (χ1n) is 5.86. The highest BCUT2D eigenvalue weighted by Gasteiger charge is 2.03. The highest BCUT2D eigenvalue weighted by atomic mass is 127. The molecule has 0 aliphatic heterocycles. The zero-order valence-corrected chi connectivity index (χ0v) is 12.8. The molecule has 0 spiro atoms. The molecule has 0 fully saturated rings. The largest absolute Gasteiger partial charge is 0.396 e. The molecule has 0 saturated carbocycles. The molecule has 18 heavy (non-hydrogen) atoms. The van der Waals surface area contributed by atoms with E-state index in [1.165, 1.54) is 3.57 Å². The Morgan fingerprint density at radius 2 is 1.83 bits per heavy atom. The second-order valence-corrected chi connectivity index (χ2v) is 4.62. The van der Waals surface area contributed by atoms with Gasteiger partial charge in [0.15, 0.2) is 0 Å². The summed E-state index contributed by atoms with van der Waals surface area (Å²) in [6, 6.07) is 8.12. The molecule has 0 heterocycles. The SMILES string of the molecule is CCO/N=C(/C/C=N/OCC)c1ccc(I)cc1. The maximum atomic E-state index is 5.12. The molecule has 1 aromatic carbocycles. The van der Waals surface area contributed by atoms with Crippen LogP contribution in [0.15, 0.2) is 34.6 Å². The molecular weight excluding hydrogens is 343 g/mol. The van der Waals surface area contributed by atoms with Crippen LogP contribution in [0.5, 0.6) is 0 Å². The van der Waals surface area contributed by atoms with Crippen LogP contribution in [0.3, 0.4) is 0 Å². The van der Waals surface area contributed by atoms with E-state index in [0.29, 0.717) is 19.6 Å². The van der Waals surface area contributed by atoms with Crippen molar-refractivity contribution in [1.82, 2.24) is 0 Å². The first-order valence-corrected chi connectivity index (χ1v) is 6.94. The molecule has 5 heteroatoms. The summed E-state index contributed by atoms with van der Waals surface area (Å²) in [5, 5.41) is 7.93. The number of nitrogens with zero attached hydrogens (tertiary/aromatic N) is 2. The molecule has 0 bridgehead atoms. The molecule has 0 N–H and O–H groups in total. The zero-order valence-electron chi connectivity index (χ0n) is 10.6. The van der Waals surface area contributed by atoms with Crippen molar-refractivity contribution in [1.29, 1.82) is 0 Å². The van der Waals surface area contributed by atoms with E-state index in [1.807, 2.05) is 38.1 Å². The minimum atomic E-state index is 0.552. The first-order chi connectivity index (χ1) is 8.77. The third-order valence-corrected chi connectivity index (χ3v) is 2.76. The standard InChI is InChI=1S/C13H17IN2O2/c1-3-17-15-10-9-13(16-18-4-2)11-5-7-12(14)8-6-11/h5-8,10H,3-4,9H2,1-2H3/b15-10+,16-13-. The number of oxime groups is 2. The average Bonchev–Trinajstić information content (AvgIpc) is 2.39. The topological polar surface area (TPSA) is 43.2 Å². The van der Waals surface area contributed by atoms with E-state index in [4.69, 9.17) is 9.68 Å². The highest BCUT2D eigenvalue weighted by molar-refractivity contribution is 14.1. The molecule has 1 rings (SSSR count). The van der Waals surface area contributed by atoms with Gasteiger partial charge in [0.2, 0.25) is 0 Å². The molecule has 98 valence electrons. The lowest BCUT2D eigenvalue weighted by atomic mass is 10.1. The molecule has 1 aromatic rings. The van der Waals surface area contributed by atoms with Gasteiger partial charge in [-0.1, -0.05) is 22.4 Å². The number of hydrogen-bond acceptors (Lipinski definition) is 4. The Kier molecular flexibility index (Phi) is 7.40. The fourth-order valence-corrected chi connectivity index (χ4v) is 1.60. The number of halogens is 1. The van der Waals surface area contributed by atoms with Gasteiger partial charge in [0, 0.05) is 16.2 Å². The highest BCUT2D eigenvalue weighted by Crippen LogP contribution is 2.09. The van der Waals surface area contributed by atoms with E-state index >= 15 is 0 Å². The molecular formula is C13H17IN2O2. The van der Waals surface area contributed by atoms with Gasteiger partial charge in [-0.3, -0.25) is 0 Å². The minimum absolute atomic E-state index is 0.552. The van der Waals surface area contributed by atoms with E-state index in [-0.39, 0.29) is 0 Å². The molecule has 0 amide bonds. The molecule has 0 radical (unpaired) electrons. The monoisotopic (exact) mass is 360 g/mol. The van der Waals surface area contributed by atoms with Crippen molar-refractivity contribution < 1.29 is 9.68 Å². The zero-order chi connectivity index (χ0) is 13.2. The quantitative estimate of drug-likeness (QED) is 0.425. The summed E-state index contributed by atoms with van der Waals surface area (Å²) in [4.78, 5) is 10.0. The van der Waals surface area contributed by atoms with Gasteiger partial charge in [-0.25, -0.2) is 0 Å². The van der Waals surface area contributed by atoms with Crippen molar-refractivity contribution in [3.05, 3.63) is 33.4 Å². The van der Waals surface area contributed by atoms with Gasteiger partial charge < -0.3 is 9.68 Å². The van der Waals surface area contributed by atoms with Crippen molar-refractivity contribution >= 4 is 34.5 Å². The third kappa shape index (κ3) is 5.48. The van der Waals surface area contributed by atoms with Crippen molar-refractivity contribution in [3.8, 4) is 0 Å². The molecule has 0 aliphatic carbocycles. The van der Waals surface area contributed by atoms with Crippen LogP contribution < -0.4 is 0 Å². The van der Waals surface area contributed by atoms with Gasteiger partial charge in [0.05, 0.1) is 5.71 Å². The lowest BCUT2D eigenvalue weighted by Gasteiger charge is -2.04. The van der Waals surface area contributed by atoms with Crippen LogP contribution in [0, 0.1) is 3.57 Å². The lowest BCUT2D eigenvalue weighted by Crippen LogP contribution is -2.03. The second kappa shape index (κ2) is 8.91. The Labute approximate surface area is 121 Å². The molecule has 0 unspecified atom stereocenters. The molecule has 0 aromatic heterocycles. The van der Waals surface area contributed by atoms with E-state index in [1.54, 1.807) is 6.21 Å². The Balaban J connectivity index is 2.75. The van der Waals surface area contributed by atoms with Gasteiger partial charge in [-0.05, 0) is 54.1 Å².